The summed E-state index contributed by atoms with van der Waals surface area (Å²) in [6, 6.07) is 2.36. The fourth-order valence-corrected chi connectivity index (χ4v) is 2.08. The van der Waals surface area contributed by atoms with Gasteiger partial charge in [0.25, 0.3) is 0 Å². The monoisotopic (exact) mass is 224 g/mol. The Morgan fingerprint density at radius 1 is 1.50 bits per heavy atom. The Hall–Kier alpha value is -0.590. The van der Waals surface area contributed by atoms with Crippen LogP contribution < -0.4 is 0 Å². The minimum Gasteiger partial charge on any atom is -0.377 e. The van der Waals surface area contributed by atoms with Gasteiger partial charge in [-0.05, 0) is 46.6 Å². The summed E-state index contributed by atoms with van der Waals surface area (Å²) in [5, 5.41) is 8.93. The van der Waals surface area contributed by atoms with Gasteiger partial charge in [0.2, 0.25) is 0 Å². The van der Waals surface area contributed by atoms with Crippen molar-refractivity contribution in [1.29, 1.82) is 5.26 Å². The molecule has 1 fully saturated rings. The summed E-state index contributed by atoms with van der Waals surface area (Å²) in [5.74, 6) is 0. The van der Waals surface area contributed by atoms with E-state index in [1.165, 1.54) is 0 Å². The molecule has 1 rings (SSSR count). The van der Waals surface area contributed by atoms with Gasteiger partial charge in [-0.2, -0.15) is 5.26 Å². The quantitative estimate of drug-likeness (QED) is 0.736. The summed E-state index contributed by atoms with van der Waals surface area (Å²) in [4.78, 5) is 2.46. The van der Waals surface area contributed by atoms with E-state index in [0.717, 1.165) is 45.5 Å². The molecule has 0 saturated carbocycles. The third kappa shape index (κ3) is 4.96. The van der Waals surface area contributed by atoms with Crippen molar-refractivity contribution in [2.45, 2.75) is 46.1 Å². The van der Waals surface area contributed by atoms with E-state index in [9.17, 15) is 0 Å². The fourth-order valence-electron chi connectivity index (χ4n) is 2.08. The van der Waals surface area contributed by atoms with Gasteiger partial charge in [0.1, 0.15) is 0 Å². The van der Waals surface area contributed by atoms with Crippen LogP contribution in [0.3, 0.4) is 0 Å². The highest BCUT2D eigenvalue weighted by molar-refractivity contribution is 4.91. The molecular formula is C13H24N2O. The molecule has 0 spiro atoms. The number of hydrogen-bond donors (Lipinski definition) is 0. The standard InChI is InChI=1S/C13H24N2O/c1-12-10-15(8-5-9-16-12)7-4-6-13(2,3)11-14/h12H,4-10H2,1-3H3. The van der Waals surface area contributed by atoms with E-state index in [-0.39, 0.29) is 5.41 Å². The second-order valence-corrected chi connectivity index (χ2v) is 5.43. The lowest BCUT2D eigenvalue weighted by Gasteiger charge is -2.23. The maximum absolute atomic E-state index is 8.93. The molecule has 0 aromatic carbocycles. The molecule has 1 saturated heterocycles. The molecular weight excluding hydrogens is 200 g/mol. The van der Waals surface area contributed by atoms with Crippen LogP contribution in [-0.2, 0) is 4.74 Å². The molecule has 3 heteroatoms. The van der Waals surface area contributed by atoms with E-state index in [0.29, 0.717) is 6.10 Å². The molecule has 0 aliphatic carbocycles. The van der Waals surface area contributed by atoms with E-state index >= 15 is 0 Å². The van der Waals surface area contributed by atoms with Crippen molar-refractivity contribution in [2.75, 3.05) is 26.2 Å². The first-order chi connectivity index (χ1) is 7.53. The number of rotatable bonds is 4. The molecule has 3 nitrogen and oxygen atoms in total. The van der Waals surface area contributed by atoms with Crippen LogP contribution in [0.2, 0.25) is 0 Å². The summed E-state index contributed by atoms with van der Waals surface area (Å²) in [6.07, 6.45) is 3.57. The molecule has 1 aliphatic heterocycles. The SMILES string of the molecule is CC1CN(CCCC(C)(C)C#N)CCCO1. The second kappa shape index (κ2) is 6.22. The maximum atomic E-state index is 8.93. The fraction of sp³-hybridized carbons (Fsp3) is 0.923. The first kappa shape index (κ1) is 13.5. The Morgan fingerprint density at radius 3 is 2.94 bits per heavy atom. The molecule has 0 radical (unpaired) electrons. The highest BCUT2D eigenvalue weighted by Crippen LogP contribution is 2.21. The molecule has 92 valence electrons. The molecule has 0 aromatic heterocycles. The van der Waals surface area contributed by atoms with E-state index < -0.39 is 0 Å². The number of ether oxygens (including phenoxy) is 1. The number of nitrogens with zero attached hydrogens (tertiary/aromatic N) is 2. The van der Waals surface area contributed by atoms with Crippen LogP contribution in [0.1, 0.15) is 40.0 Å². The Balaban J connectivity index is 2.24. The van der Waals surface area contributed by atoms with Gasteiger partial charge in [-0.1, -0.05) is 0 Å². The number of hydrogen-bond acceptors (Lipinski definition) is 3. The summed E-state index contributed by atoms with van der Waals surface area (Å²) in [6.45, 7) is 10.3. The normalized spacial score (nSPS) is 23.8. The van der Waals surface area contributed by atoms with Gasteiger partial charge in [-0.3, -0.25) is 0 Å². The Kier molecular flexibility index (Phi) is 5.24. The molecule has 0 N–H and O–H groups in total. The molecule has 1 aliphatic rings. The lowest BCUT2D eigenvalue weighted by atomic mass is 9.90. The molecule has 0 aromatic rings. The summed E-state index contributed by atoms with van der Waals surface area (Å²) < 4.78 is 5.61. The molecule has 1 atom stereocenters. The maximum Gasteiger partial charge on any atom is 0.0683 e. The smallest absolute Gasteiger partial charge is 0.0683 e. The van der Waals surface area contributed by atoms with Crippen LogP contribution in [0.5, 0.6) is 0 Å². The number of nitriles is 1. The summed E-state index contributed by atoms with van der Waals surface area (Å²) in [7, 11) is 0. The van der Waals surface area contributed by atoms with Crippen LogP contribution in [-0.4, -0.2) is 37.2 Å². The predicted octanol–water partition coefficient (Wildman–Crippen LogP) is 2.43. The molecule has 1 unspecified atom stereocenters. The largest absolute Gasteiger partial charge is 0.377 e. The van der Waals surface area contributed by atoms with Crippen molar-refractivity contribution in [1.82, 2.24) is 4.90 Å². The average Bonchev–Trinajstić information content (AvgIpc) is 2.43. The predicted molar refractivity (Wildman–Crippen MR) is 65.1 cm³/mol. The summed E-state index contributed by atoms with van der Waals surface area (Å²) >= 11 is 0. The summed E-state index contributed by atoms with van der Waals surface area (Å²) in [5.41, 5.74) is -0.173. The molecule has 0 amide bonds. The van der Waals surface area contributed by atoms with Gasteiger partial charge >= 0.3 is 0 Å². The zero-order valence-corrected chi connectivity index (χ0v) is 10.8. The molecule has 1 heterocycles. The van der Waals surface area contributed by atoms with E-state index in [4.69, 9.17) is 10.00 Å². The van der Waals surface area contributed by atoms with Gasteiger partial charge in [0.15, 0.2) is 0 Å². The van der Waals surface area contributed by atoms with Gasteiger partial charge < -0.3 is 9.64 Å². The lowest BCUT2D eigenvalue weighted by molar-refractivity contribution is 0.0673. The Labute approximate surface area is 99.4 Å². The molecule has 16 heavy (non-hydrogen) atoms. The van der Waals surface area contributed by atoms with Crippen molar-refractivity contribution >= 4 is 0 Å². The minimum atomic E-state index is -0.173. The van der Waals surface area contributed by atoms with Crippen molar-refractivity contribution in [2.24, 2.45) is 5.41 Å². The van der Waals surface area contributed by atoms with Gasteiger partial charge in [0.05, 0.1) is 17.6 Å². The van der Waals surface area contributed by atoms with Crippen molar-refractivity contribution < 1.29 is 4.74 Å². The van der Waals surface area contributed by atoms with Gasteiger partial charge in [-0.25, -0.2) is 0 Å². The first-order valence-corrected chi connectivity index (χ1v) is 6.29. The second-order valence-electron chi connectivity index (χ2n) is 5.43. The van der Waals surface area contributed by atoms with Crippen molar-refractivity contribution in [3.63, 3.8) is 0 Å². The van der Waals surface area contributed by atoms with Gasteiger partial charge in [-0.15, -0.1) is 0 Å². The van der Waals surface area contributed by atoms with E-state index in [2.05, 4.69) is 17.9 Å². The van der Waals surface area contributed by atoms with E-state index in [1.54, 1.807) is 0 Å². The van der Waals surface area contributed by atoms with Crippen LogP contribution in [0.25, 0.3) is 0 Å². The van der Waals surface area contributed by atoms with Crippen LogP contribution in [0, 0.1) is 16.7 Å². The Morgan fingerprint density at radius 2 is 2.25 bits per heavy atom. The third-order valence-corrected chi connectivity index (χ3v) is 3.12. The van der Waals surface area contributed by atoms with Crippen LogP contribution >= 0.6 is 0 Å². The topological polar surface area (TPSA) is 36.3 Å². The Bertz CT molecular complexity index is 245. The zero-order chi connectivity index (χ0) is 12.0. The highest BCUT2D eigenvalue weighted by atomic mass is 16.5. The van der Waals surface area contributed by atoms with Crippen LogP contribution in [0.4, 0.5) is 0 Å². The molecule has 0 bridgehead atoms. The zero-order valence-electron chi connectivity index (χ0n) is 10.8. The van der Waals surface area contributed by atoms with Crippen LogP contribution in [0.15, 0.2) is 0 Å². The average molecular weight is 224 g/mol. The third-order valence-electron chi connectivity index (χ3n) is 3.12. The van der Waals surface area contributed by atoms with Gasteiger partial charge in [0, 0.05) is 19.7 Å². The van der Waals surface area contributed by atoms with E-state index in [1.807, 2.05) is 13.8 Å². The first-order valence-electron chi connectivity index (χ1n) is 6.29. The lowest BCUT2D eigenvalue weighted by Crippen LogP contribution is -2.31. The van der Waals surface area contributed by atoms with Crippen molar-refractivity contribution in [3.8, 4) is 6.07 Å². The van der Waals surface area contributed by atoms with Crippen molar-refractivity contribution in [3.05, 3.63) is 0 Å². The highest BCUT2D eigenvalue weighted by Gasteiger charge is 2.18. The minimum absolute atomic E-state index is 0.173.